The van der Waals surface area contributed by atoms with E-state index in [1.165, 1.54) is 7.11 Å². The van der Waals surface area contributed by atoms with Crippen molar-refractivity contribution >= 4 is 5.97 Å². The van der Waals surface area contributed by atoms with E-state index in [2.05, 4.69) is 15.1 Å². The first-order valence-electron chi connectivity index (χ1n) is 9.82. The lowest BCUT2D eigenvalue weighted by atomic mass is 10.2. The van der Waals surface area contributed by atoms with Crippen LogP contribution in [0, 0.1) is 6.92 Å². The molecule has 0 radical (unpaired) electrons. The molecule has 0 fully saturated rings. The predicted molar refractivity (Wildman–Crippen MR) is 111 cm³/mol. The predicted octanol–water partition coefficient (Wildman–Crippen LogP) is 3.25. The number of pyridine rings is 1. The van der Waals surface area contributed by atoms with E-state index in [4.69, 9.17) is 23.0 Å². The van der Waals surface area contributed by atoms with Crippen molar-refractivity contribution in [1.82, 2.24) is 19.7 Å². The lowest BCUT2D eigenvalue weighted by Crippen LogP contribution is -2.06. The fraction of sp³-hybridized carbons (Fsp3) is 0.273. The van der Waals surface area contributed by atoms with Crippen molar-refractivity contribution in [3.05, 3.63) is 65.5 Å². The molecule has 0 aliphatic heterocycles. The molecule has 4 heterocycles. The van der Waals surface area contributed by atoms with Crippen molar-refractivity contribution in [2.75, 3.05) is 7.11 Å². The van der Waals surface area contributed by atoms with Gasteiger partial charge in [0.1, 0.15) is 24.7 Å². The van der Waals surface area contributed by atoms with Gasteiger partial charge >= 0.3 is 5.97 Å². The second kappa shape index (κ2) is 9.38. The van der Waals surface area contributed by atoms with Crippen LogP contribution in [0.2, 0.25) is 0 Å². The zero-order chi connectivity index (χ0) is 22.5. The first-order valence-corrected chi connectivity index (χ1v) is 9.82. The summed E-state index contributed by atoms with van der Waals surface area (Å²) in [5, 5.41) is 4.24. The van der Waals surface area contributed by atoms with Crippen molar-refractivity contribution in [3.63, 3.8) is 0 Å². The molecule has 32 heavy (non-hydrogen) atoms. The third kappa shape index (κ3) is 4.97. The average molecular weight is 438 g/mol. The number of aryl methyl sites for hydroxylation is 2. The van der Waals surface area contributed by atoms with Crippen LogP contribution >= 0.6 is 0 Å². The monoisotopic (exact) mass is 438 g/mol. The van der Waals surface area contributed by atoms with Gasteiger partial charge in [0.15, 0.2) is 5.76 Å². The molecule has 4 aromatic rings. The molecule has 4 rings (SSSR count). The first-order chi connectivity index (χ1) is 15.5. The van der Waals surface area contributed by atoms with Crippen LogP contribution in [-0.2, 0) is 36.2 Å². The molecule has 166 valence electrons. The van der Waals surface area contributed by atoms with E-state index in [0.29, 0.717) is 40.4 Å². The Hall–Kier alpha value is -4.08. The third-order valence-electron chi connectivity index (χ3n) is 4.58. The minimum Gasteiger partial charge on any atom is -0.471 e. The molecule has 10 nitrogen and oxygen atoms in total. The summed E-state index contributed by atoms with van der Waals surface area (Å²) >= 11 is 0. The van der Waals surface area contributed by atoms with Gasteiger partial charge in [-0.05, 0) is 25.1 Å². The number of oxazole rings is 1. The number of rotatable bonds is 9. The molecule has 0 spiro atoms. The second-order valence-electron chi connectivity index (χ2n) is 6.97. The van der Waals surface area contributed by atoms with Crippen molar-refractivity contribution in [3.8, 4) is 23.4 Å². The Morgan fingerprint density at radius 3 is 2.78 bits per heavy atom. The van der Waals surface area contributed by atoms with Crippen molar-refractivity contribution in [2.45, 2.75) is 26.6 Å². The first kappa shape index (κ1) is 21.2. The van der Waals surface area contributed by atoms with Crippen LogP contribution in [-0.4, -0.2) is 32.8 Å². The zero-order valence-electron chi connectivity index (χ0n) is 17.9. The van der Waals surface area contributed by atoms with Crippen LogP contribution in [0.15, 0.2) is 51.8 Å². The Morgan fingerprint density at radius 1 is 1.19 bits per heavy atom. The lowest BCUT2D eigenvalue weighted by Gasteiger charge is -2.07. The molecule has 0 N–H and O–H groups in total. The fourth-order valence-corrected chi connectivity index (χ4v) is 2.93. The van der Waals surface area contributed by atoms with Crippen LogP contribution in [0.25, 0.3) is 11.7 Å². The van der Waals surface area contributed by atoms with Gasteiger partial charge < -0.3 is 23.0 Å². The summed E-state index contributed by atoms with van der Waals surface area (Å²) in [6, 6.07) is 7.14. The molecule has 0 aliphatic carbocycles. The van der Waals surface area contributed by atoms with E-state index in [-0.39, 0.29) is 25.6 Å². The number of esters is 1. The standard InChI is InChI=1S/C22H22N4O6/c1-14-17(24-22(32-14)18-5-4-8-29-18)13-30-19-7-6-15(10-23-19)12-31-21-16(9-20(27)28-3)11-26(2)25-21/h4-8,10-11H,9,12-13H2,1-3H3. The van der Waals surface area contributed by atoms with E-state index in [1.54, 1.807) is 48.6 Å². The molecule has 0 aromatic carbocycles. The van der Waals surface area contributed by atoms with Crippen LogP contribution in [0.3, 0.4) is 0 Å². The summed E-state index contributed by atoms with van der Waals surface area (Å²) < 4.78 is 28.7. The Balaban J connectivity index is 1.33. The van der Waals surface area contributed by atoms with Gasteiger partial charge in [-0.15, -0.1) is 5.10 Å². The molecule has 0 atom stereocenters. The number of carbonyl (C=O) groups is 1. The number of nitrogens with zero attached hydrogens (tertiary/aromatic N) is 4. The van der Waals surface area contributed by atoms with Gasteiger partial charge in [-0.25, -0.2) is 9.97 Å². The molecule has 0 aliphatic rings. The second-order valence-corrected chi connectivity index (χ2v) is 6.97. The van der Waals surface area contributed by atoms with Crippen LogP contribution < -0.4 is 9.47 Å². The quantitative estimate of drug-likeness (QED) is 0.363. The fourth-order valence-electron chi connectivity index (χ4n) is 2.93. The molecular formula is C22H22N4O6. The molecule has 4 aromatic heterocycles. The summed E-state index contributed by atoms with van der Waals surface area (Å²) in [7, 11) is 3.10. The maximum atomic E-state index is 11.5. The summed E-state index contributed by atoms with van der Waals surface area (Å²) in [5.74, 6) is 2.09. The molecule has 0 saturated carbocycles. The van der Waals surface area contributed by atoms with Crippen molar-refractivity contribution < 1.29 is 27.8 Å². The highest BCUT2D eigenvalue weighted by molar-refractivity contribution is 5.73. The normalized spacial score (nSPS) is 10.8. The highest BCUT2D eigenvalue weighted by Gasteiger charge is 2.15. The SMILES string of the molecule is COC(=O)Cc1cn(C)nc1OCc1ccc(OCc2nc(-c3ccco3)oc2C)nc1. The van der Waals surface area contributed by atoms with E-state index in [9.17, 15) is 4.79 Å². The number of aromatic nitrogens is 4. The molecular weight excluding hydrogens is 416 g/mol. The molecule has 10 heteroatoms. The Bertz CT molecular complexity index is 1180. The maximum Gasteiger partial charge on any atom is 0.310 e. The molecule has 0 bridgehead atoms. The highest BCUT2D eigenvalue weighted by atomic mass is 16.5. The van der Waals surface area contributed by atoms with Gasteiger partial charge in [0.05, 0.1) is 19.8 Å². The van der Waals surface area contributed by atoms with E-state index in [1.807, 2.05) is 13.0 Å². The van der Waals surface area contributed by atoms with Crippen LogP contribution in [0.1, 0.15) is 22.6 Å². The Morgan fingerprint density at radius 2 is 2.06 bits per heavy atom. The molecule has 0 unspecified atom stereocenters. The third-order valence-corrected chi connectivity index (χ3v) is 4.58. The minimum atomic E-state index is -0.357. The van der Waals surface area contributed by atoms with Gasteiger partial charge in [0.25, 0.3) is 5.89 Å². The van der Waals surface area contributed by atoms with Crippen molar-refractivity contribution in [2.24, 2.45) is 7.05 Å². The van der Waals surface area contributed by atoms with Crippen LogP contribution in [0.4, 0.5) is 0 Å². The lowest BCUT2D eigenvalue weighted by molar-refractivity contribution is -0.139. The number of ether oxygens (including phenoxy) is 3. The number of furan rings is 1. The Kier molecular flexibility index (Phi) is 6.20. The largest absolute Gasteiger partial charge is 0.471 e. The van der Waals surface area contributed by atoms with Crippen molar-refractivity contribution in [1.29, 1.82) is 0 Å². The topological polar surface area (TPSA) is 115 Å². The number of hydrogen-bond acceptors (Lipinski definition) is 9. The van der Waals surface area contributed by atoms with Crippen LogP contribution in [0.5, 0.6) is 11.8 Å². The summed E-state index contributed by atoms with van der Waals surface area (Å²) in [6.07, 6.45) is 5.04. The summed E-state index contributed by atoms with van der Waals surface area (Å²) in [4.78, 5) is 20.3. The van der Waals surface area contributed by atoms with E-state index < -0.39 is 0 Å². The van der Waals surface area contributed by atoms with Gasteiger partial charge in [-0.1, -0.05) is 0 Å². The average Bonchev–Trinajstić information content (AvgIpc) is 3.52. The summed E-state index contributed by atoms with van der Waals surface area (Å²) in [6.45, 7) is 2.27. The summed E-state index contributed by atoms with van der Waals surface area (Å²) in [5.41, 5.74) is 2.15. The van der Waals surface area contributed by atoms with Gasteiger partial charge in [-0.2, -0.15) is 0 Å². The highest BCUT2D eigenvalue weighted by Crippen LogP contribution is 2.23. The van der Waals surface area contributed by atoms with E-state index in [0.717, 1.165) is 5.56 Å². The minimum absolute atomic E-state index is 0.0911. The maximum absolute atomic E-state index is 11.5. The smallest absolute Gasteiger partial charge is 0.310 e. The zero-order valence-corrected chi connectivity index (χ0v) is 17.9. The van der Waals surface area contributed by atoms with Gasteiger partial charge in [0, 0.05) is 36.6 Å². The van der Waals surface area contributed by atoms with E-state index >= 15 is 0 Å². The number of hydrogen-bond donors (Lipinski definition) is 0. The molecule has 0 amide bonds. The number of methoxy groups -OCH3 is 1. The van der Waals surface area contributed by atoms with Gasteiger partial charge in [-0.3, -0.25) is 9.48 Å². The Labute approximate surface area is 183 Å². The molecule has 0 saturated heterocycles. The van der Waals surface area contributed by atoms with Gasteiger partial charge in [0.2, 0.25) is 11.8 Å². The number of carbonyl (C=O) groups excluding carboxylic acids is 1.